The molecule has 5 heteroatoms. The van der Waals surface area contributed by atoms with Crippen LogP contribution in [0.2, 0.25) is 0 Å². The van der Waals surface area contributed by atoms with Crippen LogP contribution in [0.3, 0.4) is 0 Å². The number of methoxy groups -OCH3 is 1. The van der Waals surface area contributed by atoms with Gasteiger partial charge in [0.2, 0.25) is 5.66 Å². The maximum Gasteiger partial charge on any atom is 0.210 e. The Kier molecular flexibility index (Phi) is 4.55. The molecule has 0 aliphatic carbocycles. The van der Waals surface area contributed by atoms with Crippen LogP contribution in [0.25, 0.3) is 16.5 Å². The van der Waals surface area contributed by atoms with Gasteiger partial charge in [-0.1, -0.05) is 42.5 Å². The Balaban J connectivity index is 1.66. The van der Waals surface area contributed by atoms with Crippen molar-refractivity contribution in [3.05, 3.63) is 83.9 Å². The van der Waals surface area contributed by atoms with Gasteiger partial charge in [-0.05, 0) is 60.5 Å². The second-order valence-electron chi connectivity index (χ2n) is 7.80. The molecular formula is C24H23N3O2. The molecule has 4 rings (SSSR count). The van der Waals surface area contributed by atoms with Crippen LogP contribution in [0.1, 0.15) is 25.0 Å². The van der Waals surface area contributed by atoms with Gasteiger partial charge in [-0.25, -0.2) is 0 Å². The van der Waals surface area contributed by atoms with Crippen LogP contribution in [-0.4, -0.2) is 18.6 Å². The Morgan fingerprint density at radius 1 is 1.00 bits per heavy atom. The highest BCUT2D eigenvalue weighted by atomic mass is 16.5. The van der Waals surface area contributed by atoms with Gasteiger partial charge in [-0.3, -0.25) is 10.5 Å². The van der Waals surface area contributed by atoms with Crippen molar-refractivity contribution < 1.29 is 9.53 Å². The molecule has 0 aromatic heterocycles. The fourth-order valence-corrected chi connectivity index (χ4v) is 3.63. The normalized spacial score (nSPS) is 18.7. The van der Waals surface area contributed by atoms with Gasteiger partial charge in [0.15, 0.2) is 5.78 Å². The number of azo groups is 1. The van der Waals surface area contributed by atoms with Crippen molar-refractivity contribution in [3.63, 3.8) is 0 Å². The van der Waals surface area contributed by atoms with Gasteiger partial charge in [0.1, 0.15) is 5.75 Å². The number of ether oxygens (including phenoxy) is 1. The van der Waals surface area contributed by atoms with Crippen molar-refractivity contribution in [2.24, 2.45) is 16.0 Å². The largest absolute Gasteiger partial charge is 0.497 e. The van der Waals surface area contributed by atoms with E-state index >= 15 is 0 Å². The van der Waals surface area contributed by atoms with Gasteiger partial charge in [0.25, 0.3) is 0 Å². The first kappa shape index (κ1) is 19.0. The second-order valence-corrected chi connectivity index (χ2v) is 7.80. The number of rotatable bonds is 5. The monoisotopic (exact) mass is 385 g/mol. The molecular weight excluding hydrogens is 362 g/mol. The SMILES string of the molecule is COc1ccc(C2=CC(N)(C(=O)C(C)(C)c3ccc4ccccc4c3)N=N2)cc1. The van der Waals surface area contributed by atoms with E-state index in [-0.39, 0.29) is 5.78 Å². The Hall–Kier alpha value is -3.31. The van der Waals surface area contributed by atoms with E-state index < -0.39 is 11.1 Å². The van der Waals surface area contributed by atoms with Crippen LogP contribution in [0.15, 0.2) is 83.0 Å². The molecule has 1 aliphatic rings. The molecule has 0 bridgehead atoms. The highest BCUT2D eigenvalue weighted by Gasteiger charge is 2.45. The lowest BCUT2D eigenvalue weighted by Crippen LogP contribution is -2.51. The number of carbonyl (C=O) groups excluding carboxylic acids is 1. The third-order valence-electron chi connectivity index (χ3n) is 5.47. The Labute approximate surface area is 169 Å². The first-order valence-corrected chi connectivity index (χ1v) is 9.47. The van der Waals surface area contributed by atoms with Crippen LogP contribution in [0, 0.1) is 0 Å². The minimum Gasteiger partial charge on any atom is -0.497 e. The summed E-state index contributed by atoms with van der Waals surface area (Å²) in [4.78, 5) is 13.5. The van der Waals surface area contributed by atoms with Crippen LogP contribution >= 0.6 is 0 Å². The third-order valence-corrected chi connectivity index (χ3v) is 5.47. The van der Waals surface area contributed by atoms with E-state index in [9.17, 15) is 4.79 Å². The molecule has 3 aromatic carbocycles. The summed E-state index contributed by atoms with van der Waals surface area (Å²) >= 11 is 0. The molecule has 1 unspecified atom stereocenters. The molecule has 5 nitrogen and oxygen atoms in total. The highest BCUT2D eigenvalue weighted by Crippen LogP contribution is 2.36. The molecule has 0 saturated carbocycles. The quantitative estimate of drug-likeness (QED) is 0.681. The lowest BCUT2D eigenvalue weighted by atomic mass is 9.75. The number of nitrogens with two attached hydrogens (primary N) is 1. The molecule has 0 saturated heterocycles. The predicted molar refractivity (Wildman–Crippen MR) is 115 cm³/mol. The molecule has 146 valence electrons. The molecule has 3 aromatic rings. The van der Waals surface area contributed by atoms with Gasteiger partial charge >= 0.3 is 0 Å². The molecule has 0 amide bonds. The zero-order valence-corrected chi connectivity index (χ0v) is 16.7. The van der Waals surface area contributed by atoms with Crippen LogP contribution in [0.5, 0.6) is 5.75 Å². The number of carbonyl (C=O) groups is 1. The van der Waals surface area contributed by atoms with E-state index in [0.717, 1.165) is 27.6 Å². The topological polar surface area (TPSA) is 77.0 Å². The second kappa shape index (κ2) is 6.94. The van der Waals surface area contributed by atoms with Gasteiger partial charge < -0.3 is 4.74 Å². The van der Waals surface area contributed by atoms with Gasteiger partial charge in [-0.15, -0.1) is 0 Å². The average molecular weight is 385 g/mol. The number of ketones is 1. The van der Waals surface area contributed by atoms with E-state index in [2.05, 4.69) is 10.2 Å². The average Bonchev–Trinajstić information content (AvgIpc) is 3.16. The zero-order chi connectivity index (χ0) is 20.6. The Morgan fingerprint density at radius 3 is 2.38 bits per heavy atom. The minimum atomic E-state index is -1.50. The number of nitrogens with zero attached hydrogens (tertiary/aromatic N) is 2. The number of benzene rings is 3. The molecule has 2 N–H and O–H groups in total. The smallest absolute Gasteiger partial charge is 0.210 e. The van der Waals surface area contributed by atoms with E-state index in [1.807, 2.05) is 80.6 Å². The lowest BCUT2D eigenvalue weighted by Gasteiger charge is -2.29. The van der Waals surface area contributed by atoms with E-state index in [1.165, 1.54) is 0 Å². The summed E-state index contributed by atoms with van der Waals surface area (Å²) in [6.45, 7) is 3.76. The molecule has 1 heterocycles. The van der Waals surface area contributed by atoms with Crippen molar-refractivity contribution in [3.8, 4) is 5.75 Å². The summed E-state index contributed by atoms with van der Waals surface area (Å²) in [5, 5.41) is 10.6. The molecule has 0 spiro atoms. The van der Waals surface area contributed by atoms with Crippen LogP contribution in [-0.2, 0) is 10.2 Å². The number of hydrogen-bond donors (Lipinski definition) is 1. The van der Waals surface area contributed by atoms with Crippen molar-refractivity contribution in [1.29, 1.82) is 0 Å². The molecule has 29 heavy (non-hydrogen) atoms. The van der Waals surface area contributed by atoms with E-state index in [1.54, 1.807) is 13.2 Å². The number of fused-ring (bicyclic) bond motifs is 1. The number of Topliss-reactive ketones (excluding diaryl/α,β-unsaturated/α-hetero) is 1. The highest BCUT2D eigenvalue weighted by molar-refractivity contribution is 6.01. The predicted octanol–water partition coefficient (Wildman–Crippen LogP) is 4.86. The van der Waals surface area contributed by atoms with E-state index in [4.69, 9.17) is 10.5 Å². The molecule has 0 fully saturated rings. The van der Waals surface area contributed by atoms with Crippen molar-refractivity contribution in [2.75, 3.05) is 7.11 Å². The maximum absolute atomic E-state index is 13.5. The van der Waals surface area contributed by atoms with Crippen molar-refractivity contribution in [1.82, 2.24) is 0 Å². The van der Waals surface area contributed by atoms with Gasteiger partial charge in [0.05, 0.1) is 18.2 Å². The molecule has 1 aliphatic heterocycles. The summed E-state index contributed by atoms with van der Waals surface area (Å²) in [7, 11) is 1.61. The van der Waals surface area contributed by atoms with Crippen LogP contribution < -0.4 is 10.5 Å². The summed E-state index contributed by atoms with van der Waals surface area (Å²) in [6, 6.07) is 21.5. The zero-order valence-electron chi connectivity index (χ0n) is 16.7. The van der Waals surface area contributed by atoms with Crippen molar-refractivity contribution >= 4 is 22.3 Å². The first-order chi connectivity index (χ1) is 13.8. The first-order valence-electron chi connectivity index (χ1n) is 9.47. The third kappa shape index (κ3) is 3.34. The standard InChI is InChI=1S/C24H23N3O2/c1-23(2,19-11-8-16-6-4-5-7-18(16)14-19)22(28)24(25)15-21(26-27-24)17-9-12-20(29-3)13-10-17/h4-15H,25H2,1-3H3. The Morgan fingerprint density at radius 2 is 1.69 bits per heavy atom. The summed E-state index contributed by atoms with van der Waals surface area (Å²) in [5.41, 5.74) is 6.39. The van der Waals surface area contributed by atoms with Crippen molar-refractivity contribution in [2.45, 2.75) is 24.9 Å². The Bertz CT molecular complexity index is 1150. The van der Waals surface area contributed by atoms with E-state index in [0.29, 0.717) is 5.70 Å². The molecule has 1 atom stereocenters. The van der Waals surface area contributed by atoms with Crippen LogP contribution in [0.4, 0.5) is 0 Å². The van der Waals surface area contributed by atoms with Gasteiger partial charge in [-0.2, -0.15) is 10.2 Å². The van der Waals surface area contributed by atoms with Gasteiger partial charge in [0, 0.05) is 5.56 Å². The lowest BCUT2D eigenvalue weighted by molar-refractivity contribution is -0.127. The summed E-state index contributed by atoms with van der Waals surface area (Å²) in [5.74, 6) is 0.546. The minimum absolute atomic E-state index is 0.201. The fraction of sp³-hybridized carbons (Fsp3) is 0.208. The summed E-state index contributed by atoms with van der Waals surface area (Å²) < 4.78 is 5.18. The summed E-state index contributed by atoms with van der Waals surface area (Å²) in [6.07, 6.45) is 1.64. The molecule has 0 radical (unpaired) electrons. The fourth-order valence-electron chi connectivity index (χ4n) is 3.63. The number of hydrogen-bond acceptors (Lipinski definition) is 5. The maximum atomic E-state index is 13.5.